The molecule has 1 aliphatic carbocycles. The first-order chi connectivity index (χ1) is 10.8. The Labute approximate surface area is 142 Å². The van der Waals surface area contributed by atoms with Gasteiger partial charge in [0.2, 0.25) is 0 Å². The molecule has 2 nitrogen and oxygen atoms in total. The Balaban J connectivity index is 1.63. The van der Waals surface area contributed by atoms with Crippen LogP contribution in [0.1, 0.15) is 70.9 Å². The molecular weight excluding hydrogens is 282 g/mol. The fourth-order valence-corrected chi connectivity index (χ4v) is 4.36. The molecule has 2 unspecified atom stereocenters. The Morgan fingerprint density at radius 3 is 2.13 bits per heavy atom. The van der Waals surface area contributed by atoms with Crippen molar-refractivity contribution in [2.24, 2.45) is 0 Å². The van der Waals surface area contributed by atoms with E-state index in [0.717, 1.165) is 25.0 Å². The van der Waals surface area contributed by atoms with Crippen molar-refractivity contribution in [2.75, 3.05) is 13.1 Å². The number of rotatable bonds is 2. The smallest absolute Gasteiger partial charge is 0.0678 e. The quantitative estimate of drug-likeness (QED) is 0.782. The lowest BCUT2D eigenvalue weighted by atomic mass is 9.85. The van der Waals surface area contributed by atoms with Gasteiger partial charge in [0.05, 0.1) is 12.2 Å². The summed E-state index contributed by atoms with van der Waals surface area (Å²) in [5.74, 6) is 0.738. The van der Waals surface area contributed by atoms with Crippen molar-refractivity contribution < 1.29 is 4.74 Å². The van der Waals surface area contributed by atoms with Crippen molar-refractivity contribution in [1.29, 1.82) is 0 Å². The first kappa shape index (κ1) is 17.0. The second kappa shape index (κ2) is 6.57. The lowest BCUT2D eigenvalue weighted by molar-refractivity contribution is -0.0796. The van der Waals surface area contributed by atoms with Crippen LogP contribution in [0.3, 0.4) is 0 Å². The Hall–Kier alpha value is -0.860. The van der Waals surface area contributed by atoms with Gasteiger partial charge in [-0.3, -0.25) is 4.90 Å². The van der Waals surface area contributed by atoms with Gasteiger partial charge in [0, 0.05) is 19.1 Å². The summed E-state index contributed by atoms with van der Waals surface area (Å²) >= 11 is 0. The maximum absolute atomic E-state index is 5.89. The fourth-order valence-electron chi connectivity index (χ4n) is 4.36. The molecule has 0 spiro atoms. The number of ether oxygens (including phenoxy) is 1. The van der Waals surface area contributed by atoms with Crippen LogP contribution in [0.5, 0.6) is 0 Å². The largest absolute Gasteiger partial charge is 0.373 e. The Morgan fingerprint density at radius 1 is 0.957 bits per heavy atom. The molecule has 2 heteroatoms. The number of morpholine rings is 1. The zero-order valence-electron chi connectivity index (χ0n) is 15.5. The molecule has 0 aromatic heterocycles. The van der Waals surface area contributed by atoms with Crippen LogP contribution in [0.15, 0.2) is 24.3 Å². The van der Waals surface area contributed by atoms with E-state index in [-0.39, 0.29) is 5.41 Å². The SMILES string of the molecule is C[C@@H]1CN(C2CCC(c3ccc(C(C)(C)C)cc3)C2)C[C@H](C)O1. The van der Waals surface area contributed by atoms with Gasteiger partial charge in [0.15, 0.2) is 0 Å². The van der Waals surface area contributed by atoms with Crippen LogP contribution in [0.2, 0.25) is 0 Å². The minimum absolute atomic E-state index is 0.247. The maximum Gasteiger partial charge on any atom is 0.0678 e. The normalized spacial score (nSPS) is 33.1. The van der Waals surface area contributed by atoms with E-state index in [2.05, 4.69) is 63.8 Å². The third-order valence-electron chi connectivity index (χ3n) is 5.62. The molecule has 1 aliphatic heterocycles. The molecular formula is C21H33NO. The predicted molar refractivity (Wildman–Crippen MR) is 97.1 cm³/mol. The number of hydrogen-bond acceptors (Lipinski definition) is 2. The molecule has 0 amide bonds. The van der Waals surface area contributed by atoms with Gasteiger partial charge in [-0.05, 0) is 55.6 Å². The standard InChI is InChI=1S/C21H33NO/c1-15-13-22(14-16(2)23-15)20-11-8-18(12-20)17-6-9-19(10-7-17)21(3,4)5/h6-7,9-10,15-16,18,20H,8,11-14H2,1-5H3/t15-,16+,18?,20?. The Bertz CT molecular complexity index is 506. The summed E-state index contributed by atoms with van der Waals surface area (Å²) < 4.78 is 5.89. The maximum atomic E-state index is 5.89. The molecule has 23 heavy (non-hydrogen) atoms. The second-order valence-corrected chi connectivity index (χ2v) is 8.75. The summed E-state index contributed by atoms with van der Waals surface area (Å²) in [6.45, 7) is 13.5. The monoisotopic (exact) mass is 315 g/mol. The van der Waals surface area contributed by atoms with Gasteiger partial charge < -0.3 is 4.74 Å². The van der Waals surface area contributed by atoms with E-state index in [0.29, 0.717) is 12.2 Å². The first-order valence-corrected chi connectivity index (χ1v) is 9.33. The highest BCUT2D eigenvalue weighted by Gasteiger charge is 2.34. The van der Waals surface area contributed by atoms with Gasteiger partial charge in [-0.15, -0.1) is 0 Å². The summed E-state index contributed by atoms with van der Waals surface area (Å²) in [4.78, 5) is 2.68. The van der Waals surface area contributed by atoms with Crippen molar-refractivity contribution in [3.8, 4) is 0 Å². The van der Waals surface area contributed by atoms with E-state index in [4.69, 9.17) is 4.74 Å². The minimum atomic E-state index is 0.247. The van der Waals surface area contributed by atoms with Gasteiger partial charge in [0.25, 0.3) is 0 Å². The molecule has 0 bridgehead atoms. The van der Waals surface area contributed by atoms with Crippen LogP contribution < -0.4 is 0 Å². The van der Waals surface area contributed by atoms with Crippen molar-refractivity contribution >= 4 is 0 Å². The molecule has 4 atom stereocenters. The van der Waals surface area contributed by atoms with Crippen LogP contribution in [0, 0.1) is 0 Å². The van der Waals surface area contributed by atoms with Crippen LogP contribution in [0.4, 0.5) is 0 Å². The van der Waals surface area contributed by atoms with E-state index in [1.54, 1.807) is 0 Å². The number of hydrogen-bond donors (Lipinski definition) is 0. The highest BCUT2D eigenvalue weighted by atomic mass is 16.5. The molecule has 1 aromatic carbocycles. The number of nitrogens with zero attached hydrogens (tertiary/aromatic N) is 1. The topological polar surface area (TPSA) is 12.5 Å². The average molecular weight is 316 g/mol. The Morgan fingerprint density at radius 2 is 1.57 bits per heavy atom. The lowest BCUT2D eigenvalue weighted by Crippen LogP contribution is -2.49. The second-order valence-electron chi connectivity index (χ2n) is 8.75. The van der Waals surface area contributed by atoms with Crippen molar-refractivity contribution in [1.82, 2.24) is 4.90 Å². The highest BCUT2D eigenvalue weighted by molar-refractivity contribution is 5.30. The lowest BCUT2D eigenvalue weighted by Gasteiger charge is -2.39. The van der Waals surface area contributed by atoms with E-state index in [9.17, 15) is 0 Å². The Kier molecular flexibility index (Phi) is 4.85. The van der Waals surface area contributed by atoms with Crippen molar-refractivity contribution in [3.63, 3.8) is 0 Å². The van der Waals surface area contributed by atoms with E-state index < -0.39 is 0 Å². The zero-order valence-corrected chi connectivity index (χ0v) is 15.5. The molecule has 128 valence electrons. The summed E-state index contributed by atoms with van der Waals surface area (Å²) in [6.07, 6.45) is 4.74. The molecule has 3 rings (SSSR count). The molecule has 1 saturated carbocycles. The van der Waals surface area contributed by atoms with Crippen LogP contribution >= 0.6 is 0 Å². The molecule has 1 heterocycles. The summed E-state index contributed by atoms with van der Waals surface area (Å²) in [5.41, 5.74) is 3.22. The number of benzene rings is 1. The van der Waals surface area contributed by atoms with Gasteiger partial charge >= 0.3 is 0 Å². The van der Waals surface area contributed by atoms with Crippen LogP contribution in [-0.4, -0.2) is 36.2 Å². The predicted octanol–water partition coefficient (Wildman–Crippen LogP) is 4.73. The van der Waals surface area contributed by atoms with Gasteiger partial charge in [0.1, 0.15) is 0 Å². The van der Waals surface area contributed by atoms with Crippen LogP contribution in [0.25, 0.3) is 0 Å². The third kappa shape index (κ3) is 3.97. The van der Waals surface area contributed by atoms with Gasteiger partial charge in [-0.2, -0.15) is 0 Å². The first-order valence-electron chi connectivity index (χ1n) is 9.33. The van der Waals surface area contributed by atoms with Crippen molar-refractivity contribution in [3.05, 3.63) is 35.4 Å². The molecule has 2 fully saturated rings. The summed E-state index contributed by atoms with van der Waals surface area (Å²) in [5, 5.41) is 0. The van der Waals surface area contributed by atoms with E-state index in [1.807, 2.05) is 0 Å². The third-order valence-corrected chi connectivity index (χ3v) is 5.62. The minimum Gasteiger partial charge on any atom is -0.373 e. The molecule has 0 N–H and O–H groups in total. The molecule has 1 saturated heterocycles. The highest BCUT2D eigenvalue weighted by Crippen LogP contribution is 2.38. The van der Waals surface area contributed by atoms with Gasteiger partial charge in [-0.25, -0.2) is 0 Å². The molecule has 0 radical (unpaired) electrons. The zero-order chi connectivity index (χ0) is 16.6. The van der Waals surface area contributed by atoms with Crippen LogP contribution in [-0.2, 0) is 10.2 Å². The summed E-state index contributed by atoms with van der Waals surface area (Å²) in [7, 11) is 0. The average Bonchev–Trinajstić information content (AvgIpc) is 2.95. The summed E-state index contributed by atoms with van der Waals surface area (Å²) in [6, 6.07) is 10.2. The van der Waals surface area contributed by atoms with E-state index in [1.165, 1.54) is 30.4 Å². The van der Waals surface area contributed by atoms with Crippen molar-refractivity contribution in [2.45, 2.75) is 83.5 Å². The molecule has 1 aromatic rings. The fraction of sp³-hybridized carbons (Fsp3) is 0.714. The van der Waals surface area contributed by atoms with E-state index >= 15 is 0 Å². The van der Waals surface area contributed by atoms with Gasteiger partial charge in [-0.1, -0.05) is 45.0 Å². The molecule has 2 aliphatic rings.